The molecule has 0 bridgehead atoms. The first-order chi connectivity index (χ1) is 44.4. The summed E-state index contributed by atoms with van der Waals surface area (Å²) in [4.78, 5) is 65.4. The van der Waals surface area contributed by atoms with Gasteiger partial charge in [0, 0.05) is 51.5 Å². The average Bonchev–Trinajstić information content (AvgIpc) is 1.86. The maximum absolute atomic E-state index is 13.1. The number of pyridine rings is 4. The summed E-state index contributed by atoms with van der Waals surface area (Å²) in [6.07, 6.45) is 14.6. The monoisotopic (exact) mass is 1210 g/mol. The van der Waals surface area contributed by atoms with Crippen molar-refractivity contribution in [3.8, 4) is 50.6 Å². The Hall–Kier alpha value is -11.6. The average molecular weight is 1210 g/mol. The van der Waals surface area contributed by atoms with Gasteiger partial charge in [-0.25, -0.2) is 19.9 Å². The molecule has 0 fully saturated rings. The van der Waals surface area contributed by atoms with Crippen LogP contribution in [0.4, 0.5) is 0 Å². The van der Waals surface area contributed by atoms with E-state index in [0.717, 1.165) is 94.9 Å². The summed E-state index contributed by atoms with van der Waals surface area (Å²) in [5.74, 6) is -2.44. The molecule has 3 unspecified atom stereocenters. The van der Waals surface area contributed by atoms with E-state index in [9.17, 15) is 24.3 Å². The van der Waals surface area contributed by atoms with E-state index in [2.05, 4.69) is 44.2 Å². The van der Waals surface area contributed by atoms with Crippen molar-refractivity contribution < 1.29 is 33.8 Å². The molecule has 91 heavy (non-hydrogen) atoms. The quantitative estimate of drug-likeness (QED) is 0.0899. The molecule has 0 radical (unpaired) electrons. The first kappa shape index (κ1) is 62.5. The molecule has 16 nitrogen and oxygen atoms in total. The first-order valence-corrected chi connectivity index (χ1v) is 29.9. The van der Waals surface area contributed by atoms with E-state index >= 15 is 0 Å². The predicted molar refractivity (Wildman–Crippen MR) is 352 cm³/mol. The van der Waals surface area contributed by atoms with Gasteiger partial charge >= 0.3 is 17.9 Å². The van der Waals surface area contributed by atoms with E-state index in [0.29, 0.717) is 25.2 Å². The number of rotatable bonds is 16. The molecule has 13 rings (SSSR count). The van der Waals surface area contributed by atoms with E-state index in [1.54, 1.807) is 69.2 Å². The molecule has 5 aromatic carbocycles. The maximum Gasteiger partial charge on any atom is 0.314 e. The minimum absolute atomic E-state index is 0.128. The summed E-state index contributed by atoms with van der Waals surface area (Å²) in [5, 5.41) is 18.3. The van der Waals surface area contributed by atoms with Gasteiger partial charge in [0.1, 0.15) is 5.78 Å². The number of carboxylic acid groups (broad SMARTS) is 1. The van der Waals surface area contributed by atoms with Crippen molar-refractivity contribution in [2.75, 3.05) is 13.2 Å². The van der Waals surface area contributed by atoms with Crippen LogP contribution < -0.4 is 0 Å². The van der Waals surface area contributed by atoms with E-state index in [1.807, 2.05) is 209 Å². The van der Waals surface area contributed by atoms with E-state index in [-0.39, 0.29) is 36.0 Å². The number of carbonyl (C=O) groups excluding carboxylic acids is 3. The lowest BCUT2D eigenvalue weighted by atomic mass is 9.90. The molecule has 1 N–H and O–H groups in total. The third-order valence-corrected chi connectivity index (χ3v) is 15.7. The molecule has 0 aliphatic carbocycles. The number of ether oxygens (including phenoxy) is 2. The Bertz CT molecular complexity index is 4670. The number of fused-ring (bicyclic) bond motifs is 4. The Morgan fingerprint density at radius 2 is 0.802 bits per heavy atom. The molecule has 0 saturated carbocycles. The summed E-state index contributed by atoms with van der Waals surface area (Å²) < 4.78 is 18.0. The van der Waals surface area contributed by atoms with Crippen molar-refractivity contribution in [1.29, 1.82) is 5.26 Å². The predicted octanol–water partition coefficient (Wildman–Crippen LogP) is 14.8. The summed E-state index contributed by atoms with van der Waals surface area (Å²) in [6.45, 7) is 9.92. The van der Waals surface area contributed by atoms with Crippen molar-refractivity contribution in [2.24, 2.45) is 0 Å². The zero-order valence-electron chi connectivity index (χ0n) is 51.1. The highest BCUT2D eigenvalue weighted by Gasteiger charge is 2.26. The highest BCUT2D eigenvalue weighted by Crippen LogP contribution is 2.35. The largest absolute Gasteiger partial charge is 0.481 e. The smallest absolute Gasteiger partial charge is 0.314 e. The zero-order valence-corrected chi connectivity index (χ0v) is 51.1. The second kappa shape index (κ2) is 29.4. The van der Waals surface area contributed by atoms with Crippen LogP contribution in [0, 0.1) is 11.3 Å². The maximum atomic E-state index is 13.1. The van der Waals surface area contributed by atoms with Crippen LogP contribution in [0.5, 0.6) is 0 Å². The number of carboxylic acids is 1. The molecule has 13 aromatic rings. The molecule has 0 spiro atoms. The van der Waals surface area contributed by atoms with Crippen LogP contribution in [0.2, 0.25) is 0 Å². The number of ketones is 1. The van der Waals surface area contributed by atoms with Gasteiger partial charge in [0.05, 0.1) is 121 Å². The summed E-state index contributed by atoms with van der Waals surface area (Å²) in [5.41, 5.74) is 17.0. The van der Waals surface area contributed by atoms with Gasteiger partial charge in [-0.15, -0.1) is 0 Å². The van der Waals surface area contributed by atoms with Crippen molar-refractivity contribution in [3.05, 3.63) is 278 Å². The van der Waals surface area contributed by atoms with Crippen LogP contribution in [0.25, 0.3) is 66.6 Å². The number of aliphatic carboxylic acids is 1. The number of hydrogen-bond acceptors (Lipinski definition) is 11. The fraction of sp³-hybridized carbons (Fsp3) is 0.160. The number of benzene rings is 5. The molecule has 3 atom stereocenters. The van der Waals surface area contributed by atoms with Crippen molar-refractivity contribution in [2.45, 2.75) is 65.2 Å². The Labute approximate surface area is 527 Å². The fourth-order valence-electron chi connectivity index (χ4n) is 11.1. The lowest BCUT2D eigenvalue weighted by molar-refractivity contribution is -0.145. The van der Waals surface area contributed by atoms with Gasteiger partial charge in [0.2, 0.25) is 0 Å². The molecule has 8 aromatic heterocycles. The summed E-state index contributed by atoms with van der Waals surface area (Å²) in [7, 11) is 0. The number of nitriles is 1. The summed E-state index contributed by atoms with van der Waals surface area (Å²) >= 11 is 0. The molecular weight excluding hydrogens is 1140 g/mol. The number of Topliss-reactive ketones (excluding diaryl/α,β-unsaturated/α-hetero) is 1. The van der Waals surface area contributed by atoms with E-state index < -0.39 is 11.9 Å². The Balaban J connectivity index is 0.000000134. The molecular formula is C75H67N9O7. The Morgan fingerprint density at radius 1 is 0.440 bits per heavy atom. The van der Waals surface area contributed by atoms with Gasteiger partial charge in [-0.1, -0.05) is 158 Å². The molecule has 454 valence electrons. The van der Waals surface area contributed by atoms with Gasteiger partial charge in [-0.2, -0.15) is 5.26 Å². The van der Waals surface area contributed by atoms with Crippen LogP contribution in [0.3, 0.4) is 0 Å². The van der Waals surface area contributed by atoms with E-state index in [4.69, 9.17) is 14.7 Å². The minimum atomic E-state index is -0.844. The number of hydrogen-bond donors (Lipinski definition) is 1. The van der Waals surface area contributed by atoms with Gasteiger partial charge in [-0.3, -0.25) is 19.2 Å². The zero-order chi connectivity index (χ0) is 63.8. The minimum Gasteiger partial charge on any atom is -0.481 e. The molecule has 8 heterocycles. The second-order valence-electron chi connectivity index (χ2n) is 21.5. The second-order valence-corrected chi connectivity index (χ2v) is 21.5. The number of nitrogens with zero attached hydrogens (tertiary/aromatic N) is 9. The number of esters is 2. The standard InChI is InChI=1S/C24H19N3O.C18H18N2O2.C17H16N2O2.C16H14N2O2/c1-17(23(28)13-18-7-9-19(14-25)10-8-18)24-22(20-5-3-2-4-6-20)12-11-21-15-26-16-27(21)24;1-3-22-18(21)13(2)17-16(14-7-5-4-6-8-14)10-9-15-11-19-12-20(15)17;1-2-21-17(20)10-16-15(13-6-4-3-5-7-13)9-8-14-11-18-12-19(14)16;1-11(16(19)20)15-14(12-5-3-2-4-6-12)8-7-13-9-17-10-18(13)15/h2-12,15-17H,13H2,1H3;4-13H,3H2,1-2H3;3-9,11-12H,2,10H2,1H3;2-11H,1H3,(H,19,20). The van der Waals surface area contributed by atoms with Crippen LogP contribution >= 0.6 is 0 Å². The third-order valence-electron chi connectivity index (χ3n) is 15.7. The van der Waals surface area contributed by atoms with Crippen LogP contribution in [-0.2, 0) is 41.5 Å². The molecule has 0 saturated heterocycles. The molecule has 16 heteroatoms. The van der Waals surface area contributed by atoms with Gasteiger partial charge < -0.3 is 32.2 Å². The molecule has 0 aliphatic heterocycles. The normalized spacial score (nSPS) is 11.8. The number of aromatic nitrogens is 8. The lowest BCUT2D eigenvalue weighted by Crippen LogP contribution is -2.16. The van der Waals surface area contributed by atoms with Crippen molar-refractivity contribution in [3.63, 3.8) is 0 Å². The van der Waals surface area contributed by atoms with Crippen LogP contribution in [0.1, 0.15) is 86.3 Å². The number of carbonyl (C=O) groups is 4. The van der Waals surface area contributed by atoms with Crippen molar-refractivity contribution in [1.82, 2.24) is 37.5 Å². The first-order valence-electron chi connectivity index (χ1n) is 29.9. The van der Waals surface area contributed by atoms with Gasteiger partial charge in [0.25, 0.3) is 0 Å². The van der Waals surface area contributed by atoms with Crippen LogP contribution in [-0.4, -0.2) is 79.6 Å². The highest BCUT2D eigenvalue weighted by atomic mass is 16.5. The molecule has 0 aliphatic rings. The Morgan fingerprint density at radius 3 is 1.20 bits per heavy atom. The summed E-state index contributed by atoms with van der Waals surface area (Å²) in [6, 6.07) is 65.3. The van der Waals surface area contributed by atoms with E-state index in [1.165, 1.54) is 0 Å². The fourth-order valence-corrected chi connectivity index (χ4v) is 11.1. The topological polar surface area (TPSA) is 200 Å². The van der Waals surface area contributed by atoms with Crippen molar-refractivity contribution >= 4 is 45.8 Å². The third kappa shape index (κ3) is 14.4. The highest BCUT2D eigenvalue weighted by molar-refractivity contribution is 5.90. The number of imidazole rings is 4. The van der Waals surface area contributed by atoms with Gasteiger partial charge in [-0.05, 0) is 98.8 Å². The lowest BCUT2D eigenvalue weighted by Gasteiger charge is -2.18. The SMILES string of the molecule is CC(C(=O)Cc1ccc(C#N)cc1)c1c(-c2ccccc2)ccc2cncn12.CC(C(=O)O)c1c(-c2ccccc2)ccc2cncn12.CCOC(=O)C(C)c1c(-c2ccccc2)ccc2cncn12.CCOC(=O)Cc1c(-c2ccccc2)ccc2cncn12. The van der Waals surface area contributed by atoms with Crippen LogP contribution in [0.15, 0.2) is 244 Å². The Kier molecular flexibility index (Phi) is 20.2. The van der Waals surface area contributed by atoms with Gasteiger partial charge in [0.15, 0.2) is 0 Å². The molecule has 0 amide bonds.